The predicted molar refractivity (Wildman–Crippen MR) is 112 cm³/mol. The minimum Gasteiger partial charge on any atom is -0.200 e. The largest absolute Gasteiger partial charge is 0.279 e. The molecular weight excluding hydrogens is 392 g/mol. The highest BCUT2D eigenvalue weighted by atomic mass is 35.5. The first-order valence-corrected chi connectivity index (χ1v) is 10.8. The highest BCUT2D eigenvalue weighted by Crippen LogP contribution is 2.37. The fraction of sp³-hybridized carbons (Fsp3) is 0.136. The van der Waals surface area contributed by atoms with Gasteiger partial charge in [-0.3, -0.25) is 0 Å². The second-order valence-corrected chi connectivity index (χ2v) is 9.01. The van der Waals surface area contributed by atoms with Crippen molar-refractivity contribution in [1.82, 2.24) is 4.41 Å². The lowest BCUT2D eigenvalue weighted by atomic mass is 9.99. The number of sulfonamides is 1. The van der Waals surface area contributed by atoms with Gasteiger partial charge < -0.3 is 0 Å². The van der Waals surface area contributed by atoms with Gasteiger partial charge >= 0.3 is 0 Å². The third-order valence-electron chi connectivity index (χ3n) is 4.78. The molecule has 0 aliphatic carbocycles. The number of hydrazone groups is 1. The monoisotopic (exact) mass is 410 g/mol. The highest BCUT2D eigenvalue weighted by molar-refractivity contribution is 7.89. The van der Waals surface area contributed by atoms with Crippen molar-refractivity contribution in [2.24, 2.45) is 5.10 Å². The number of hydrogen-bond acceptors (Lipinski definition) is 3. The molecule has 1 atom stereocenters. The molecule has 1 heterocycles. The summed E-state index contributed by atoms with van der Waals surface area (Å²) in [5.41, 5.74) is 3.62. The summed E-state index contributed by atoms with van der Waals surface area (Å²) in [5.74, 6) is 0. The Balaban J connectivity index is 1.81. The van der Waals surface area contributed by atoms with Gasteiger partial charge in [-0.15, -0.1) is 0 Å². The minimum atomic E-state index is -3.80. The number of aryl methyl sites for hydroxylation is 1. The summed E-state index contributed by atoms with van der Waals surface area (Å²) in [5, 5.41) is 5.11. The van der Waals surface area contributed by atoms with E-state index in [1.807, 2.05) is 43.3 Å². The van der Waals surface area contributed by atoms with Gasteiger partial charge in [0.15, 0.2) is 0 Å². The normalized spacial score (nSPS) is 16.9. The third kappa shape index (κ3) is 3.55. The summed E-state index contributed by atoms with van der Waals surface area (Å²) in [7, 11) is -3.80. The van der Waals surface area contributed by atoms with E-state index in [9.17, 15) is 8.42 Å². The molecule has 0 N–H and O–H groups in total. The summed E-state index contributed by atoms with van der Waals surface area (Å²) in [6.07, 6.45) is 0.482. The van der Waals surface area contributed by atoms with Crippen molar-refractivity contribution >= 4 is 27.3 Å². The molecule has 1 aliphatic rings. The molecule has 0 bridgehead atoms. The van der Waals surface area contributed by atoms with Crippen molar-refractivity contribution in [3.63, 3.8) is 0 Å². The van der Waals surface area contributed by atoms with Gasteiger partial charge in [0.2, 0.25) is 0 Å². The lowest BCUT2D eigenvalue weighted by Crippen LogP contribution is -2.27. The highest BCUT2D eigenvalue weighted by Gasteiger charge is 2.37. The molecule has 0 saturated carbocycles. The van der Waals surface area contributed by atoms with Crippen molar-refractivity contribution < 1.29 is 8.42 Å². The molecule has 1 aliphatic heterocycles. The van der Waals surface area contributed by atoms with Gasteiger partial charge in [0.25, 0.3) is 10.0 Å². The molecule has 0 radical (unpaired) electrons. The van der Waals surface area contributed by atoms with Gasteiger partial charge in [0.1, 0.15) is 0 Å². The Morgan fingerprint density at radius 3 is 2.36 bits per heavy atom. The Kier molecular flexibility index (Phi) is 4.96. The first-order valence-electron chi connectivity index (χ1n) is 8.94. The molecule has 28 heavy (non-hydrogen) atoms. The van der Waals surface area contributed by atoms with Crippen LogP contribution in [0.3, 0.4) is 0 Å². The molecule has 4 rings (SSSR count). The zero-order chi connectivity index (χ0) is 19.7. The SMILES string of the molecule is Cc1ccc(C2=NN(S(=O)(=O)c3ccccc3)C(c3cccc(Cl)c3)C2)cc1. The van der Waals surface area contributed by atoms with Gasteiger partial charge in [-0.05, 0) is 42.3 Å². The Labute approximate surface area is 170 Å². The van der Waals surface area contributed by atoms with Crippen LogP contribution in [-0.2, 0) is 10.0 Å². The van der Waals surface area contributed by atoms with Crippen molar-refractivity contribution in [2.45, 2.75) is 24.3 Å². The summed E-state index contributed by atoms with van der Waals surface area (Å²) < 4.78 is 27.9. The fourth-order valence-corrected chi connectivity index (χ4v) is 4.95. The smallest absolute Gasteiger partial charge is 0.200 e. The summed E-state index contributed by atoms with van der Waals surface area (Å²) in [6, 6.07) is 23.2. The van der Waals surface area contributed by atoms with E-state index >= 15 is 0 Å². The first-order chi connectivity index (χ1) is 13.4. The molecule has 0 saturated heterocycles. The van der Waals surface area contributed by atoms with Crippen molar-refractivity contribution in [2.75, 3.05) is 0 Å². The Morgan fingerprint density at radius 1 is 0.964 bits per heavy atom. The molecule has 3 aromatic rings. The van der Waals surface area contributed by atoms with Crippen LogP contribution in [0, 0.1) is 6.92 Å². The van der Waals surface area contributed by atoms with Crippen LogP contribution in [0.4, 0.5) is 0 Å². The van der Waals surface area contributed by atoms with Gasteiger partial charge in [0, 0.05) is 11.4 Å². The zero-order valence-electron chi connectivity index (χ0n) is 15.3. The summed E-state index contributed by atoms with van der Waals surface area (Å²) in [6.45, 7) is 2.02. The van der Waals surface area contributed by atoms with Gasteiger partial charge in [-0.2, -0.15) is 17.9 Å². The van der Waals surface area contributed by atoms with Gasteiger partial charge in [-0.1, -0.05) is 71.8 Å². The van der Waals surface area contributed by atoms with E-state index < -0.39 is 16.1 Å². The van der Waals surface area contributed by atoms with E-state index in [4.69, 9.17) is 11.6 Å². The molecule has 0 aromatic heterocycles. The number of rotatable bonds is 4. The number of nitrogens with zero attached hydrogens (tertiary/aromatic N) is 2. The molecule has 0 amide bonds. The number of halogens is 1. The van der Waals surface area contributed by atoms with E-state index in [1.165, 1.54) is 4.41 Å². The van der Waals surface area contributed by atoms with Crippen LogP contribution in [0.15, 0.2) is 88.9 Å². The van der Waals surface area contributed by atoms with Crippen LogP contribution in [0.1, 0.15) is 29.2 Å². The van der Waals surface area contributed by atoms with Crippen LogP contribution in [0.5, 0.6) is 0 Å². The Bertz CT molecular complexity index is 1130. The molecule has 1 unspecified atom stereocenters. The fourth-order valence-electron chi connectivity index (χ4n) is 3.29. The summed E-state index contributed by atoms with van der Waals surface area (Å²) >= 11 is 6.17. The molecule has 6 heteroatoms. The van der Waals surface area contributed by atoms with Crippen molar-refractivity contribution in [1.29, 1.82) is 0 Å². The van der Waals surface area contributed by atoms with E-state index in [0.29, 0.717) is 11.4 Å². The van der Waals surface area contributed by atoms with Crippen LogP contribution in [0.25, 0.3) is 0 Å². The molecule has 3 aromatic carbocycles. The second kappa shape index (κ2) is 7.41. The quantitative estimate of drug-likeness (QED) is 0.594. The maximum atomic E-state index is 13.3. The van der Waals surface area contributed by atoms with E-state index in [-0.39, 0.29) is 4.90 Å². The molecule has 142 valence electrons. The average Bonchev–Trinajstić information content (AvgIpc) is 3.16. The maximum absolute atomic E-state index is 13.3. The van der Waals surface area contributed by atoms with E-state index in [0.717, 1.165) is 22.4 Å². The molecule has 0 fully saturated rings. The lowest BCUT2D eigenvalue weighted by molar-refractivity contribution is 0.371. The average molecular weight is 411 g/mol. The maximum Gasteiger partial charge on any atom is 0.279 e. The molecule has 0 spiro atoms. The summed E-state index contributed by atoms with van der Waals surface area (Å²) in [4.78, 5) is 0.218. The topological polar surface area (TPSA) is 49.7 Å². The van der Waals surface area contributed by atoms with E-state index in [1.54, 1.807) is 42.5 Å². The van der Waals surface area contributed by atoms with E-state index in [2.05, 4.69) is 5.10 Å². The van der Waals surface area contributed by atoms with Crippen LogP contribution in [0.2, 0.25) is 5.02 Å². The molecular formula is C22H19ClN2O2S. The van der Waals surface area contributed by atoms with Gasteiger partial charge in [0.05, 0.1) is 16.6 Å². The Hall–Kier alpha value is -2.63. The van der Waals surface area contributed by atoms with Crippen LogP contribution < -0.4 is 0 Å². The Morgan fingerprint density at radius 2 is 1.68 bits per heavy atom. The number of hydrogen-bond donors (Lipinski definition) is 0. The van der Waals surface area contributed by atoms with Crippen molar-refractivity contribution in [3.05, 3.63) is 101 Å². The zero-order valence-corrected chi connectivity index (χ0v) is 16.9. The standard InChI is InChI=1S/C22H19ClN2O2S/c1-16-10-12-17(13-11-16)21-15-22(18-6-5-7-19(23)14-18)25(24-21)28(26,27)20-8-3-2-4-9-20/h2-14,22H,15H2,1H3. The predicted octanol–water partition coefficient (Wildman–Crippen LogP) is 5.19. The minimum absolute atomic E-state index is 0.218. The number of benzene rings is 3. The first kappa shape index (κ1) is 18.7. The van der Waals surface area contributed by atoms with Crippen LogP contribution in [-0.4, -0.2) is 18.5 Å². The molecule has 4 nitrogen and oxygen atoms in total. The lowest BCUT2D eigenvalue weighted by Gasteiger charge is -2.23. The third-order valence-corrected chi connectivity index (χ3v) is 6.71. The second-order valence-electron chi connectivity index (χ2n) is 6.78. The van der Waals surface area contributed by atoms with Crippen molar-refractivity contribution in [3.8, 4) is 0 Å². The van der Waals surface area contributed by atoms with Gasteiger partial charge in [-0.25, -0.2) is 0 Å². The van der Waals surface area contributed by atoms with Crippen LogP contribution >= 0.6 is 11.6 Å².